The number of hydrogen-bond acceptors (Lipinski definition) is 3. The van der Waals surface area contributed by atoms with Crippen molar-refractivity contribution in [1.29, 1.82) is 0 Å². The van der Waals surface area contributed by atoms with Gasteiger partial charge >= 0.3 is 0 Å². The Hall–Kier alpha value is -0.120. The molecular weight excluding hydrogens is 222 g/mol. The van der Waals surface area contributed by atoms with Crippen LogP contribution in [0.3, 0.4) is 0 Å². The minimum atomic E-state index is 0.933. The fourth-order valence-electron chi connectivity index (χ4n) is 3.65. The zero-order chi connectivity index (χ0) is 12.8. The van der Waals surface area contributed by atoms with Crippen molar-refractivity contribution in [2.45, 2.75) is 44.6 Å². The second-order valence-corrected chi connectivity index (χ2v) is 6.34. The van der Waals surface area contributed by atoms with Crippen molar-refractivity contribution in [2.75, 3.05) is 46.8 Å². The molecule has 0 aromatic rings. The summed E-state index contributed by atoms with van der Waals surface area (Å²) in [6.45, 7) is 6.16. The third-order valence-corrected chi connectivity index (χ3v) is 4.66. The molecule has 2 atom stereocenters. The summed E-state index contributed by atoms with van der Waals surface area (Å²) in [5.41, 5.74) is 0. The summed E-state index contributed by atoms with van der Waals surface area (Å²) in [4.78, 5) is 5.01. The van der Waals surface area contributed by atoms with Crippen molar-refractivity contribution in [3.63, 3.8) is 0 Å². The lowest BCUT2D eigenvalue weighted by atomic mass is 9.85. The minimum absolute atomic E-state index is 0.933. The molecular formula is C15H31N3. The first-order valence-corrected chi connectivity index (χ1v) is 7.87. The van der Waals surface area contributed by atoms with Crippen LogP contribution in [-0.4, -0.2) is 62.7 Å². The summed E-state index contributed by atoms with van der Waals surface area (Å²) in [6, 6.07) is 0.933. The monoisotopic (exact) mass is 253 g/mol. The Morgan fingerprint density at radius 1 is 1.11 bits per heavy atom. The third-order valence-electron chi connectivity index (χ3n) is 4.66. The van der Waals surface area contributed by atoms with Gasteiger partial charge in [-0.1, -0.05) is 12.8 Å². The Morgan fingerprint density at radius 2 is 1.94 bits per heavy atom. The van der Waals surface area contributed by atoms with Crippen LogP contribution < -0.4 is 5.32 Å². The fourth-order valence-corrected chi connectivity index (χ4v) is 3.65. The van der Waals surface area contributed by atoms with E-state index >= 15 is 0 Å². The number of likely N-dealkylation sites (tertiary alicyclic amines) is 1. The van der Waals surface area contributed by atoms with E-state index in [0.717, 1.165) is 12.0 Å². The normalized spacial score (nSPS) is 28.8. The molecule has 1 aliphatic carbocycles. The van der Waals surface area contributed by atoms with Crippen LogP contribution in [0.4, 0.5) is 0 Å². The van der Waals surface area contributed by atoms with Gasteiger partial charge in [0.2, 0.25) is 0 Å². The summed E-state index contributed by atoms with van der Waals surface area (Å²) in [5, 5.41) is 3.59. The highest BCUT2D eigenvalue weighted by Gasteiger charge is 2.34. The van der Waals surface area contributed by atoms with E-state index in [0.29, 0.717) is 0 Å². The molecule has 0 radical (unpaired) electrons. The van der Waals surface area contributed by atoms with Gasteiger partial charge in [-0.2, -0.15) is 0 Å². The zero-order valence-corrected chi connectivity index (χ0v) is 12.3. The van der Waals surface area contributed by atoms with E-state index in [4.69, 9.17) is 0 Å². The van der Waals surface area contributed by atoms with Crippen molar-refractivity contribution < 1.29 is 0 Å². The highest BCUT2D eigenvalue weighted by molar-refractivity contribution is 4.89. The van der Waals surface area contributed by atoms with Crippen LogP contribution in [0, 0.1) is 5.92 Å². The van der Waals surface area contributed by atoms with Gasteiger partial charge in [0.25, 0.3) is 0 Å². The van der Waals surface area contributed by atoms with Gasteiger partial charge in [0.15, 0.2) is 0 Å². The SMILES string of the molecule is CN(C)CCCNCCN1CCC2CCCCC21. The van der Waals surface area contributed by atoms with Crippen LogP contribution in [-0.2, 0) is 0 Å². The van der Waals surface area contributed by atoms with Crippen LogP contribution in [0.1, 0.15) is 38.5 Å². The fraction of sp³-hybridized carbons (Fsp3) is 1.00. The van der Waals surface area contributed by atoms with Crippen LogP contribution in [0.15, 0.2) is 0 Å². The highest BCUT2D eigenvalue weighted by atomic mass is 15.2. The lowest BCUT2D eigenvalue weighted by Crippen LogP contribution is -2.39. The average Bonchev–Trinajstić information content (AvgIpc) is 2.77. The predicted octanol–water partition coefficient (Wildman–Crippen LogP) is 1.79. The van der Waals surface area contributed by atoms with Gasteiger partial charge in [0, 0.05) is 19.1 Å². The topological polar surface area (TPSA) is 18.5 Å². The van der Waals surface area contributed by atoms with Crippen molar-refractivity contribution in [2.24, 2.45) is 5.92 Å². The molecule has 1 saturated heterocycles. The Balaban J connectivity index is 1.54. The van der Waals surface area contributed by atoms with Crippen molar-refractivity contribution in [3.8, 4) is 0 Å². The number of rotatable bonds is 7. The molecule has 0 aromatic carbocycles. The lowest BCUT2D eigenvalue weighted by molar-refractivity contribution is 0.183. The average molecular weight is 253 g/mol. The van der Waals surface area contributed by atoms with Crippen LogP contribution in [0.25, 0.3) is 0 Å². The molecule has 3 heteroatoms. The Kier molecular flexibility index (Phi) is 5.93. The van der Waals surface area contributed by atoms with Gasteiger partial charge in [-0.3, -0.25) is 4.90 Å². The maximum absolute atomic E-state index is 3.59. The smallest absolute Gasteiger partial charge is 0.0124 e. The molecule has 1 saturated carbocycles. The molecule has 2 rings (SSSR count). The molecule has 1 aliphatic heterocycles. The number of fused-ring (bicyclic) bond motifs is 1. The Bertz CT molecular complexity index is 230. The first-order valence-electron chi connectivity index (χ1n) is 7.87. The van der Waals surface area contributed by atoms with Crippen molar-refractivity contribution in [1.82, 2.24) is 15.1 Å². The lowest BCUT2D eigenvalue weighted by Gasteiger charge is -2.31. The second kappa shape index (κ2) is 7.46. The molecule has 0 aromatic heterocycles. The maximum Gasteiger partial charge on any atom is 0.0124 e. The first-order chi connectivity index (χ1) is 8.77. The van der Waals surface area contributed by atoms with E-state index in [2.05, 4.69) is 29.2 Å². The molecule has 1 heterocycles. The van der Waals surface area contributed by atoms with Crippen molar-refractivity contribution >= 4 is 0 Å². The summed E-state index contributed by atoms with van der Waals surface area (Å²) >= 11 is 0. The summed E-state index contributed by atoms with van der Waals surface area (Å²) in [6.07, 6.45) is 8.64. The molecule has 0 amide bonds. The van der Waals surface area contributed by atoms with E-state index in [1.807, 2.05) is 0 Å². The standard InChI is InChI=1S/C15H31N3/c1-17(2)11-5-9-16-10-13-18-12-8-14-6-3-4-7-15(14)18/h14-16H,3-13H2,1-2H3. The van der Waals surface area contributed by atoms with Crippen LogP contribution >= 0.6 is 0 Å². The van der Waals surface area contributed by atoms with E-state index < -0.39 is 0 Å². The van der Waals surface area contributed by atoms with Gasteiger partial charge in [0.1, 0.15) is 0 Å². The largest absolute Gasteiger partial charge is 0.315 e. The van der Waals surface area contributed by atoms with Gasteiger partial charge < -0.3 is 10.2 Å². The zero-order valence-electron chi connectivity index (χ0n) is 12.3. The maximum atomic E-state index is 3.59. The second-order valence-electron chi connectivity index (χ2n) is 6.34. The molecule has 0 spiro atoms. The van der Waals surface area contributed by atoms with Gasteiger partial charge in [-0.25, -0.2) is 0 Å². The highest BCUT2D eigenvalue weighted by Crippen LogP contribution is 2.35. The first kappa shape index (κ1) is 14.3. The Morgan fingerprint density at radius 3 is 2.78 bits per heavy atom. The number of hydrogen-bond donors (Lipinski definition) is 1. The summed E-state index contributed by atoms with van der Waals surface area (Å²) < 4.78 is 0. The van der Waals surface area contributed by atoms with Gasteiger partial charge in [-0.05, 0) is 65.3 Å². The molecule has 2 unspecified atom stereocenters. The van der Waals surface area contributed by atoms with Gasteiger partial charge in [-0.15, -0.1) is 0 Å². The van der Waals surface area contributed by atoms with Crippen molar-refractivity contribution in [3.05, 3.63) is 0 Å². The minimum Gasteiger partial charge on any atom is -0.315 e. The quantitative estimate of drug-likeness (QED) is 0.698. The van der Waals surface area contributed by atoms with Crippen LogP contribution in [0.2, 0.25) is 0 Å². The van der Waals surface area contributed by atoms with E-state index in [-0.39, 0.29) is 0 Å². The molecule has 106 valence electrons. The van der Waals surface area contributed by atoms with E-state index in [9.17, 15) is 0 Å². The molecule has 2 fully saturated rings. The predicted molar refractivity (Wildman–Crippen MR) is 78.0 cm³/mol. The van der Waals surface area contributed by atoms with Gasteiger partial charge in [0.05, 0.1) is 0 Å². The van der Waals surface area contributed by atoms with E-state index in [1.54, 1.807) is 0 Å². The molecule has 2 aliphatic rings. The Labute approximate surface area is 113 Å². The number of nitrogens with one attached hydrogen (secondary N) is 1. The van der Waals surface area contributed by atoms with Crippen LogP contribution in [0.5, 0.6) is 0 Å². The molecule has 3 nitrogen and oxygen atoms in total. The summed E-state index contributed by atoms with van der Waals surface area (Å²) in [7, 11) is 4.29. The molecule has 1 N–H and O–H groups in total. The number of nitrogens with zero attached hydrogens (tertiary/aromatic N) is 2. The molecule has 18 heavy (non-hydrogen) atoms. The summed E-state index contributed by atoms with van der Waals surface area (Å²) in [5.74, 6) is 1.03. The van der Waals surface area contributed by atoms with E-state index in [1.165, 1.54) is 71.2 Å². The molecule has 0 bridgehead atoms. The third kappa shape index (κ3) is 4.22.